The number of fused-ring (bicyclic) bond motifs is 1. The molecule has 1 atom stereocenters. The third-order valence-corrected chi connectivity index (χ3v) is 2.93. The SMILES string of the molecule is NCC/C=C1/CC(=O)N2CCCC12. The van der Waals surface area contributed by atoms with E-state index in [0.717, 1.165) is 25.8 Å². The Morgan fingerprint density at radius 1 is 1.62 bits per heavy atom. The van der Waals surface area contributed by atoms with Crippen LogP contribution in [-0.2, 0) is 4.79 Å². The fraction of sp³-hybridized carbons (Fsp3) is 0.700. The number of nitrogens with zero attached hydrogens (tertiary/aromatic N) is 1. The molecule has 3 heteroatoms. The van der Waals surface area contributed by atoms with Gasteiger partial charge in [0.2, 0.25) is 5.91 Å². The zero-order chi connectivity index (χ0) is 9.26. The monoisotopic (exact) mass is 180 g/mol. The molecule has 1 amide bonds. The number of carbonyl (C=O) groups is 1. The molecule has 3 nitrogen and oxygen atoms in total. The van der Waals surface area contributed by atoms with E-state index in [0.29, 0.717) is 24.9 Å². The third-order valence-electron chi connectivity index (χ3n) is 2.93. The van der Waals surface area contributed by atoms with Gasteiger partial charge in [0.05, 0.1) is 6.04 Å². The van der Waals surface area contributed by atoms with Crippen molar-refractivity contribution >= 4 is 5.91 Å². The van der Waals surface area contributed by atoms with Gasteiger partial charge in [0.15, 0.2) is 0 Å². The van der Waals surface area contributed by atoms with Crippen molar-refractivity contribution in [3.63, 3.8) is 0 Å². The molecule has 2 fully saturated rings. The van der Waals surface area contributed by atoms with Gasteiger partial charge in [-0.15, -0.1) is 0 Å². The zero-order valence-corrected chi connectivity index (χ0v) is 7.83. The molecule has 72 valence electrons. The number of hydrogen-bond donors (Lipinski definition) is 1. The summed E-state index contributed by atoms with van der Waals surface area (Å²) < 4.78 is 0. The van der Waals surface area contributed by atoms with Gasteiger partial charge < -0.3 is 10.6 Å². The second-order valence-electron chi connectivity index (χ2n) is 3.78. The minimum atomic E-state index is 0.311. The molecule has 0 saturated carbocycles. The molecule has 0 aromatic carbocycles. The Hall–Kier alpha value is -0.830. The van der Waals surface area contributed by atoms with E-state index in [2.05, 4.69) is 6.08 Å². The predicted molar refractivity (Wildman–Crippen MR) is 51.1 cm³/mol. The Labute approximate surface area is 78.6 Å². The van der Waals surface area contributed by atoms with Gasteiger partial charge in [-0.1, -0.05) is 6.08 Å². The molecule has 0 aliphatic carbocycles. The molecule has 0 radical (unpaired) electrons. The molecule has 13 heavy (non-hydrogen) atoms. The van der Waals surface area contributed by atoms with Crippen LogP contribution in [0.5, 0.6) is 0 Å². The second kappa shape index (κ2) is 3.50. The Kier molecular flexibility index (Phi) is 2.36. The van der Waals surface area contributed by atoms with Crippen LogP contribution in [0.3, 0.4) is 0 Å². The molecule has 2 heterocycles. The second-order valence-corrected chi connectivity index (χ2v) is 3.78. The summed E-state index contributed by atoms with van der Waals surface area (Å²) in [6.07, 6.45) is 6.03. The van der Waals surface area contributed by atoms with E-state index in [4.69, 9.17) is 5.73 Å². The van der Waals surface area contributed by atoms with Crippen molar-refractivity contribution in [3.8, 4) is 0 Å². The lowest BCUT2D eigenvalue weighted by molar-refractivity contribution is -0.127. The van der Waals surface area contributed by atoms with Gasteiger partial charge in [0.1, 0.15) is 0 Å². The first-order valence-corrected chi connectivity index (χ1v) is 5.01. The van der Waals surface area contributed by atoms with E-state index in [1.165, 1.54) is 5.57 Å². The molecular weight excluding hydrogens is 164 g/mol. The largest absolute Gasteiger partial charge is 0.336 e. The first-order chi connectivity index (χ1) is 6.33. The normalized spacial score (nSPS) is 30.2. The average molecular weight is 180 g/mol. The topological polar surface area (TPSA) is 46.3 Å². The van der Waals surface area contributed by atoms with E-state index in [-0.39, 0.29) is 0 Å². The van der Waals surface area contributed by atoms with E-state index >= 15 is 0 Å². The Bertz CT molecular complexity index is 247. The summed E-state index contributed by atoms with van der Waals surface area (Å²) >= 11 is 0. The molecular formula is C10H16N2O. The number of hydrogen-bond acceptors (Lipinski definition) is 2. The van der Waals surface area contributed by atoms with Gasteiger partial charge in [-0.2, -0.15) is 0 Å². The molecule has 2 saturated heterocycles. The van der Waals surface area contributed by atoms with Crippen molar-refractivity contribution in [1.82, 2.24) is 4.90 Å². The summed E-state index contributed by atoms with van der Waals surface area (Å²) in [6, 6.07) is 0.430. The van der Waals surface area contributed by atoms with Crippen molar-refractivity contribution in [2.24, 2.45) is 5.73 Å². The highest BCUT2D eigenvalue weighted by molar-refractivity contribution is 5.83. The summed E-state index contributed by atoms with van der Waals surface area (Å²) in [6.45, 7) is 1.65. The highest BCUT2D eigenvalue weighted by Gasteiger charge is 2.37. The van der Waals surface area contributed by atoms with Crippen molar-refractivity contribution < 1.29 is 4.79 Å². The Balaban J connectivity index is 2.10. The summed E-state index contributed by atoms with van der Waals surface area (Å²) in [5.41, 5.74) is 6.75. The summed E-state index contributed by atoms with van der Waals surface area (Å²) in [5, 5.41) is 0. The van der Waals surface area contributed by atoms with Crippen LogP contribution in [0.25, 0.3) is 0 Å². The lowest BCUT2D eigenvalue weighted by atomic mass is 10.0. The molecule has 0 aromatic heterocycles. The molecule has 2 aliphatic heterocycles. The minimum absolute atomic E-state index is 0.311. The zero-order valence-electron chi connectivity index (χ0n) is 7.83. The van der Waals surface area contributed by atoms with Crippen LogP contribution in [0.15, 0.2) is 11.6 Å². The molecule has 0 spiro atoms. The fourth-order valence-corrected chi connectivity index (χ4v) is 2.32. The lowest BCUT2D eigenvalue weighted by Crippen LogP contribution is -2.27. The van der Waals surface area contributed by atoms with Crippen molar-refractivity contribution in [2.45, 2.75) is 31.7 Å². The van der Waals surface area contributed by atoms with Crippen LogP contribution >= 0.6 is 0 Å². The quantitative estimate of drug-likeness (QED) is 0.634. The van der Waals surface area contributed by atoms with Crippen molar-refractivity contribution in [2.75, 3.05) is 13.1 Å². The Morgan fingerprint density at radius 3 is 3.23 bits per heavy atom. The molecule has 0 bridgehead atoms. The molecule has 0 aromatic rings. The van der Waals surface area contributed by atoms with Gasteiger partial charge in [0.25, 0.3) is 0 Å². The number of rotatable bonds is 2. The predicted octanol–water partition coefficient (Wildman–Crippen LogP) is 0.656. The summed E-state index contributed by atoms with van der Waals surface area (Å²) in [7, 11) is 0. The number of nitrogens with two attached hydrogens (primary N) is 1. The summed E-state index contributed by atoms with van der Waals surface area (Å²) in [5.74, 6) is 0.311. The van der Waals surface area contributed by atoms with Gasteiger partial charge in [-0.05, 0) is 31.4 Å². The van der Waals surface area contributed by atoms with Gasteiger partial charge >= 0.3 is 0 Å². The van der Waals surface area contributed by atoms with Gasteiger partial charge in [0, 0.05) is 13.0 Å². The van der Waals surface area contributed by atoms with E-state index in [1.54, 1.807) is 0 Å². The highest BCUT2D eigenvalue weighted by atomic mass is 16.2. The first kappa shape index (κ1) is 8.75. The third kappa shape index (κ3) is 1.48. The molecule has 2 aliphatic rings. The van der Waals surface area contributed by atoms with Crippen molar-refractivity contribution in [3.05, 3.63) is 11.6 Å². The summed E-state index contributed by atoms with van der Waals surface area (Å²) in [4.78, 5) is 13.5. The van der Waals surface area contributed by atoms with Crippen LogP contribution in [0.4, 0.5) is 0 Å². The van der Waals surface area contributed by atoms with E-state index in [1.807, 2.05) is 4.90 Å². The van der Waals surface area contributed by atoms with E-state index in [9.17, 15) is 4.79 Å². The minimum Gasteiger partial charge on any atom is -0.336 e. The Morgan fingerprint density at radius 2 is 2.46 bits per heavy atom. The van der Waals surface area contributed by atoms with Crippen LogP contribution in [0, 0.1) is 0 Å². The highest BCUT2D eigenvalue weighted by Crippen LogP contribution is 2.33. The maximum absolute atomic E-state index is 11.5. The average Bonchev–Trinajstić information content (AvgIpc) is 2.67. The van der Waals surface area contributed by atoms with Gasteiger partial charge in [-0.25, -0.2) is 0 Å². The molecule has 1 unspecified atom stereocenters. The standard InChI is InChI=1S/C10H16N2O/c11-5-1-3-8-7-10(13)12-6-2-4-9(8)12/h3,9H,1-2,4-7,11H2/b8-3-. The number of carbonyl (C=O) groups excluding carboxylic acids is 1. The number of amides is 1. The molecule has 2 rings (SSSR count). The smallest absolute Gasteiger partial charge is 0.227 e. The van der Waals surface area contributed by atoms with Crippen LogP contribution in [0.2, 0.25) is 0 Å². The van der Waals surface area contributed by atoms with Crippen LogP contribution < -0.4 is 5.73 Å². The maximum atomic E-state index is 11.5. The molecule has 2 N–H and O–H groups in total. The fourth-order valence-electron chi connectivity index (χ4n) is 2.32. The van der Waals surface area contributed by atoms with E-state index < -0.39 is 0 Å². The maximum Gasteiger partial charge on any atom is 0.227 e. The lowest BCUT2D eigenvalue weighted by Gasteiger charge is -2.14. The van der Waals surface area contributed by atoms with Crippen LogP contribution in [-0.4, -0.2) is 29.9 Å². The van der Waals surface area contributed by atoms with Crippen LogP contribution in [0.1, 0.15) is 25.7 Å². The van der Waals surface area contributed by atoms with Crippen molar-refractivity contribution in [1.29, 1.82) is 0 Å². The first-order valence-electron chi connectivity index (χ1n) is 5.01. The van der Waals surface area contributed by atoms with Gasteiger partial charge in [-0.3, -0.25) is 4.79 Å².